The van der Waals surface area contributed by atoms with Crippen molar-refractivity contribution in [1.82, 2.24) is 15.3 Å². The van der Waals surface area contributed by atoms with Crippen molar-refractivity contribution < 1.29 is 4.79 Å². The van der Waals surface area contributed by atoms with Crippen molar-refractivity contribution in [2.24, 2.45) is 5.92 Å². The maximum atomic E-state index is 12.1. The molecule has 0 fully saturated rings. The van der Waals surface area contributed by atoms with Gasteiger partial charge in [-0.05, 0) is 36.5 Å². The lowest BCUT2D eigenvalue weighted by Gasteiger charge is -2.09. The van der Waals surface area contributed by atoms with Gasteiger partial charge in [0.05, 0.1) is 0 Å². The number of carbonyl (C=O) groups is 1. The van der Waals surface area contributed by atoms with Gasteiger partial charge in [-0.1, -0.05) is 37.6 Å². The van der Waals surface area contributed by atoms with E-state index >= 15 is 0 Å². The van der Waals surface area contributed by atoms with E-state index in [1.54, 1.807) is 6.07 Å². The third-order valence-corrected chi connectivity index (χ3v) is 3.79. The molecule has 2 N–H and O–H groups in total. The van der Waals surface area contributed by atoms with Crippen molar-refractivity contribution in [2.75, 3.05) is 18.4 Å². The van der Waals surface area contributed by atoms with E-state index in [0.29, 0.717) is 30.5 Å². The topological polar surface area (TPSA) is 66.9 Å². The summed E-state index contributed by atoms with van der Waals surface area (Å²) in [6.07, 6.45) is 3.20. The van der Waals surface area contributed by atoms with Gasteiger partial charge in [0.15, 0.2) is 0 Å². The third kappa shape index (κ3) is 6.16. The molecule has 0 spiro atoms. The van der Waals surface area contributed by atoms with Crippen LogP contribution in [0.15, 0.2) is 36.7 Å². The molecular weight excluding hydrogens is 324 g/mol. The Bertz CT molecular complexity index is 658. The molecular formula is C18H23ClN4O. The molecule has 0 aliphatic carbocycles. The van der Waals surface area contributed by atoms with E-state index in [1.165, 1.54) is 11.9 Å². The fraction of sp³-hybridized carbons (Fsp3) is 0.389. The van der Waals surface area contributed by atoms with Crippen LogP contribution in [0, 0.1) is 5.92 Å². The number of carbonyl (C=O) groups excluding carboxylic acids is 1. The SMILES string of the molecule is CC(C)CCNC(=O)c1cc(NCCc2ccc(Cl)cc2)ncn1. The molecule has 6 heteroatoms. The van der Waals surface area contributed by atoms with Crippen LogP contribution in [0.25, 0.3) is 0 Å². The summed E-state index contributed by atoms with van der Waals surface area (Å²) in [6.45, 7) is 5.62. The van der Waals surface area contributed by atoms with Crippen LogP contribution < -0.4 is 10.6 Å². The van der Waals surface area contributed by atoms with Crippen LogP contribution in [-0.2, 0) is 6.42 Å². The minimum absolute atomic E-state index is 0.168. The Balaban J connectivity index is 1.83. The van der Waals surface area contributed by atoms with Gasteiger partial charge in [0.1, 0.15) is 17.8 Å². The predicted octanol–water partition coefficient (Wildman–Crippen LogP) is 3.56. The fourth-order valence-electron chi connectivity index (χ4n) is 2.13. The molecule has 1 heterocycles. The summed E-state index contributed by atoms with van der Waals surface area (Å²) in [5.74, 6) is 1.03. The number of nitrogens with zero attached hydrogens (tertiary/aromatic N) is 2. The number of anilines is 1. The van der Waals surface area contributed by atoms with Crippen molar-refractivity contribution in [3.05, 3.63) is 52.9 Å². The zero-order valence-corrected chi connectivity index (χ0v) is 14.8. The molecule has 0 bridgehead atoms. The number of nitrogens with one attached hydrogen (secondary N) is 2. The number of rotatable bonds is 8. The molecule has 0 saturated carbocycles. The van der Waals surface area contributed by atoms with E-state index in [1.807, 2.05) is 24.3 Å². The Labute approximate surface area is 147 Å². The van der Waals surface area contributed by atoms with Crippen LogP contribution in [0.4, 0.5) is 5.82 Å². The molecule has 1 aromatic carbocycles. The molecule has 1 aromatic heterocycles. The summed E-state index contributed by atoms with van der Waals surface area (Å²) < 4.78 is 0. The molecule has 2 rings (SSSR count). The van der Waals surface area contributed by atoms with E-state index in [2.05, 4.69) is 34.4 Å². The molecule has 5 nitrogen and oxygen atoms in total. The number of halogens is 1. The molecule has 0 unspecified atom stereocenters. The van der Waals surface area contributed by atoms with Crippen LogP contribution in [0.1, 0.15) is 36.3 Å². The number of benzene rings is 1. The fourth-order valence-corrected chi connectivity index (χ4v) is 2.26. The summed E-state index contributed by atoms with van der Waals surface area (Å²) in [4.78, 5) is 20.3. The highest BCUT2D eigenvalue weighted by molar-refractivity contribution is 6.30. The highest BCUT2D eigenvalue weighted by Crippen LogP contribution is 2.10. The van der Waals surface area contributed by atoms with Crippen LogP contribution >= 0.6 is 11.6 Å². The average molecular weight is 347 g/mol. The van der Waals surface area contributed by atoms with Gasteiger partial charge in [0.2, 0.25) is 0 Å². The van der Waals surface area contributed by atoms with Crippen LogP contribution in [0.5, 0.6) is 0 Å². The Morgan fingerprint density at radius 2 is 1.92 bits per heavy atom. The smallest absolute Gasteiger partial charge is 0.270 e. The molecule has 0 atom stereocenters. The standard InChI is InChI=1S/C18H23ClN4O/c1-13(2)7-9-21-18(24)16-11-17(23-12-22-16)20-10-8-14-3-5-15(19)6-4-14/h3-6,11-13H,7-10H2,1-2H3,(H,21,24)(H,20,22,23). The van der Waals surface area contributed by atoms with Crippen molar-refractivity contribution >= 4 is 23.3 Å². The normalized spacial score (nSPS) is 10.7. The van der Waals surface area contributed by atoms with Gasteiger partial charge in [0, 0.05) is 24.2 Å². The highest BCUT2D eigenvalue weighted by Gasteiger charge is 2.08. The van der Waals surface area contributed by atoms with E-state index in [-0.39, 0.29) is 5.91 Å². The molecule has 0 saturated heterocycles. The molecule has 24 heavy (non-hydrogen) atoms. The summed E-state index contributed by atoms with van der Waals surface area (Å²) >= 11 is 5.87. The Kier molecular flexibility index (Phi) is 7.00. The van der Waals surface area contributed by atoms with Gasteiger partial charge < -0.3 is 10.6 Å². The monoisotopic (exact) mass is 346 g/mol. The predicted molar refractivity (Wildman–Crippen MR) is 97.5 cm³/mol. The van der Waals surface area contributed by atoms with E-state index in [4.69, 9.17) is 11.6 Å². The van der Waals surface area contributed by atoms with Gasteiger partial charge in [0.25, 0.3) is 5.91 Å². The lowest BCUT2D eigenvalue weighted by molar-refractivity contribution is 0.0947. The zero-order chi connectivity index (χ0) is 17.4. The summed E-state index contributed by atoms with van der Waals surface area (Å²) in [7, 11) is 0. The summed E-state index contributed by atoms with van der Waals surface area (Å²) in [6, 6.07) is 9.42. The third-order valence-electron chi connectivity index (χ3n) is 3.54. The molecule has 0 aliphatic heterocycles. The first-order chi connectivity index (χ1) is 11.5. The van der Waals surface area contributed by atoms with Crippen molar-refractivity contribution in [3.8, 4) is 0 Å². The largest absolute Gasteiger partial charge is 0.370 e. The first kappa shape index (κ1) is 18.2. The van der Waals surface area contributed by atoms with Crippen LogP contribution in [0.2, 0.25) is 5.02 Å². The second-order valence-electron chi connectivity index (χ2n) is 6.03. The van der Waals surface area contributed by atoms with E-state index < -0.39 is 0 Å². The van der Waals surface area contributed by atoms with E-state index in [9.17, 15) is 4.79 Å². The molecule has 0 radical (unpaired) electrons. The lowest BCUT2D eigenvalue weighted by Crippen LogP contribution is -2.26. The van der Waals surface area contributed by atoms with Gasteiger partial charge >= 0.3 is 0 Å². The second-order valence-corrected chi connectivity index (χ2v) is 6.47. The maximum Gasteiger partial charge on any atom is 0.270 e. The van der Waals surface area contributed by atoms with Gasteiger partial charge in [-0.3, -0.25) is 4.79 Å². The van der Waals surface area contributed by atoms with Crippen molar-refractivity contribution in [1.29, 1.82) is 0 Å². The molecule has 128 valence electrons. The van der Waals surface area contributed by atoms with Crippen molar-refractivity contribution in [2.45, 2.75) is 26.7 Å². The lowest BCUT2D eigenvalue weighted by atomic mass is 10.1. The van der Waals surface area contributed by atoms with E-state index in [0.717, 1.165) is 17.9 Å². The van der Waals surface area contributed by atoms with Crippen LogP contribution in [-0.4, -0.2) is 29.0 Å². The summed E-state index contributed by atoms with van der Waals surface area (Å²) in [5.41, 5.74) is 1.57. The maximum absolute atomic E-state index is 12.1. The quantitative estimate of drug-likeness (QED) is 0.767. The minimum atomic E-state index is -0.168. The Morgan fingerprint density at radius 1 is 1.17 bits per heavy atom. The van der Waals surface area contributed by atoms with Gasteiger partial charge in [-0.25, -0.2) is 9.97 Å². The van der Waals surface area contributed by atoms with Gasteiger partial charge in [-0.15, -0.1) is 0 Å². The molecule has 1 amide bonds. The Morgan fingerprint density at radius 3 is 2.62 bits per heavy atom. The number of hydrogen-bond donors (Lipinski definition) is 2. The van der Waals surface area contributed by atoms with Gasteiger partial charge in [-0.2, -0.15) is 0 Å². The van der Waals surface area contributed by atoms with Crippen LogP contribution in [0.3, 0.4) is 0 Å². The highest BCUT2D eigenvalue weighted by atomic mass is 35.5. The number of hydrogen-bond acceptors (Lipinski definition) is 4. The number of amides is 1. The molecule has 0 aliphatic rings. The number of aromatic nitrogens is 2. The zero-order valence-electron chi connectivity index (χ0n) is 14.1. The first-order valence-corrected chi connectivity index (χ1v) is 8.51. The Hall–Kier alpha value is -2.14. The average Bonchev–Trinajstić information content (AvgIpc) is 2.56. The van der Waals surface area contributed by atoms with Crippen molar-refractivity contribution in [3.63, 3.8) is 0 Å². The first-order valence-electron chi connectivity index (χ1n) is 8.13. The molecule has 2 aromatic rings. The second kappa shape index (κ2) is 9.23. The summed E-state index contributed by atoms with van der Waals surface area (Å²) in [5, 5.41) is 6.82. The minimum Gasteiger partial charge on any atom is -0.370 e.